The molecular weight excluding hydrogens is 312 g/mol. The van der Waals surface area contributed by atoms with E-state index in [0.717, 1.165) is 0 Å². The molecule has 0 spiro atoms. The molecule has 2 heteroatoms. The quantitative estimate of drug-likeness (QED) is 0.354. The fourth-order valence-corrected chi connectivity index (χ4v) is 2.05. The molecule has 0 saturated heterocycles. The molecule has 0 heterocycles. The Morgan fingerprint density at radius 1 is 0.750 bits per heavy atom. The van der Waals surface area contributed by atoms with Crippen molar-refractivity contribution in [1.29, 1.82) is 0 Å². The molecule has 0 amide bonds. The molecule has 0 N–H and O–H groups in total. The summed E-state index contributed by atoms with van der Waals surface area (Å²) >= 11 is 1.50. The normalized spacial score (nSPS) is 9.58. The Kier molecular flexibility index (Phi) is 19.6. The third-order valence-corrected chi connectivity index (χ3v) is 3.15. The zero-order valence-corrected chi connectivity index (χ0v) is 13.6. The SMILES string of the molecule is CCCCCCCCC[CH2][Zn+].[I-]. The predicted octanol–water partition coefficient (Wildman–Crippen LogP) is 1.10. The van der Waals surface area contributed by atoms with Crippen LogP contribution in [0.4, 0.5) is 0 Å². The molecule has 0 nitrogen and oxygen atoms in total. The monoisotopic (exact) mass is 332 g/mol. The van der Waals surface area contributed by atoms with Crippen LogP contribution in [0.5, 0.6) is 0 Å². The van der Waals surface area contributed by atoms with E-state index in [-0.39, 0.29) is 24.0 Å². The maximum atomic E-state index is 2.28. The molecule has 12 heavy (non-hydrogen) atoms. The summed E-state index contributed by atoms with van der Waals surface area (Å²) in [5.74, 6) is 0. The molecular formula is C10H21IZn. The van der Waals surface area contributed by atoms with Crippen molar-refractivity contribution in [1.82, 2.24) is 0 Å². The fourth-order valence-electron chi connectivity index (χ4n) is 1.31. The van der Waals surface area contributed by atoms with Crippen molar-refractivity contribution < 1.29 is 42.3 Å². The van der Waals surface area contributed by atoms with E-state index in [0.29, 0.717) is 0 Å². The Bertz CT molecular complexity index is 58.9. The molecule has 0 aliphatic carbocycles. The third-order valence-electron chi connectivity index (χ3n) is 2.10. The summed E-state index contributed by atoms with van der Waals surface area (Å²) < 4.78 is 0. The van der Waals surface area contributed by atoms with Gasteiger partial charge in [-0.2, -0.15) is 0 Å². The van der Waals surface area contributed by atoms with Gasteiger partial charge in [-0.05, 0) is 0 Å². The summed E-state index contributed by atoms with van der Waals surface area (Å²) in [6.45, 7) is 2.28. The number of halogens is 1. The van der Waals surface area contributed by atoms with Gasteiger partial charge in [0.25, 0.3) is 0 Å². The molecule has 0 aromatic heterocycles. The van der Waals surface area contributed by atoms with Gasteiger partial charge in [0.15, 0.2) is 0 Å². The van der Waals surface area contributed by atoms with Crippen LogP contribution in [0.1, 0.15) is 58.3 Å². The molecule has 70 valence electrons. The van der Waals surface area contributed by atoms with E-state index in [9.17, 15) is 0 Å². The number of hydrogen-bond acceptors (Lipinski definition) is 0. The van der Waals surface area contributed by atoms with Gasteiger partial charge in [-0.3, -0.25) is 0 Å². The van der Waals surface area contributed by atoms with Gasteiger partial charge in [0, 0.05) is 0 Å². The maximum absolute atomic E-state index is 2.28. The minimum Gasteiger partial charge on any atom is -1.00 e. The Labute approximate surface area is 105 Å². The molecule has 0 bridgehead atoms. The zero-order valence-electron chi connectivity index (χ0n) is 8.45. The van der Waals surface area contributed by atoms with Gasteiger partial charge in [-0.25, -0.2) is 0 Å². The van der Waals surface area contributed by atoms with Crippen LogP contribution in [-0.4, -0.2) is 0 Å². The van der Waals surface area contributed by atoms with Crippen molar-refractivity contribution in [3.8, 4) is 0 Å². The number of hydrogen-bond donors (Lipinski definition) is 0. The zero-order chi connectivity index (χ0) is 8.36. The Balaban J connectivity index is 0. The van der Waals surface area contributed by atoms with Crippen LogP contribution in [0, 0.1) is 0 Å². The molecule has 0 saturated carbocycles. The van der Waals surface area contributed by atoms with E-state index >= 15 is 0 Å². The van der Waals surface area contributed by atoms with Crippen LogP contribution < -0.4 is 24.0 Å². The molecule has 0 aliphatic rings. The second-order valence-corrected chi connectivity index (χ2v) is 4.81. The van der Waals surface area contributed by atoms with Crippen LogP contribution in [0.2, 0.25) is 5.02 Å². The first kappa shape index (κ1) is 15.8. The van der Waals surface area contributed by atoms with Crippen LogP contribution in [0.25, 0.3) is 0 Å². The first-order valence-corrected chi connectivity index (χ1v) is 7.31. The summed E-state index contributed by atoms with van der Waals surface area (Å²) in [4.78, 5) is 0. The topological polar surface area (TPSA) is 0 Å². The van der Waals surface area contributed by atoms with Crippen LogP contribution >= 0.6 is 0 Å². The number of rotatable bonds is 8. The molecule has 0 unspecified atom stereocenters. The van der Waals surface area contributed by atoms with Gasteiger partial charge in [0.1, 0.15) is 0 Å². The van der Waals surface area contributed by atoms with Gasteiger partial charge in [0.05, 0.1) is 0 Å². The van der Waals surface area contributed by atoms with E-state index in [1.54, 1.807) is 0 Å². The average Bonchev–Trinajstić information content (AvgIpc) is 2.03. The summed E-state index contributed by atoms with van der Waals surface area (Å²) in [5.41, 5.74) is 0. The van der Waals surface area contributed by atoms with Crippen molar-refractivity contribution >= 4 is 0 Å². The van der Waals surface area contributed by atoms with E-state index in [2.05, 4.69) is 6.92 Å². The molecule has 0 fully saturated rings. The van der Waals surface area contributed by atoms with Crippen molar-refractivity contribution in [3.05, 3.63) is 0 Å². The summed E-state index contributed by atoms with van der Waals surface area (Å²) in [6.07, 6.45) is 11.7. The summed E-state index contributed by atoms with van der Waals surface area (Å²) in [6, 6.07) is 0. The standard InChI is InChI=1S/C10H21.HI.Zn/c1-3-5-7-9-10-8-6-4-2;;/h1,3-10H2,2H3;1H;/q;;+1/p-1. The van der Waals surface area contributed by atoms with Gasteiger partial charge < -0.3 is 24.0 Å². The van der Waals surface area contributed by atoms with Gasteiger partial charge in [-0.15, -0.1) is 0 Å². The van der Waals surface area contributed by atoms with Crippen molar-refractivity contribution in [2.24, 2.45) is 0 Å². The second kappa shape index (κ2) is 14.9. The van der Waals surface area contributed by atoms with Crippen molar-refractivity contribution in [2.45, 2.75) is 63.3 Å². The third kappa shape index (κ3) is 13.9. The van der Waals surface area contributed by atoms with Crippen molar-refractivity contribution in [2.75, 3.05) is 0 Å². The Morgan fingerprint density at radius 3 is 1.58 bits per heavy atom. The number of unbranched alkanes of at least 4 members (excludes halogenated alkanes) is 7. The average molecular weight is 334 g/mol. The van der Waals surface area contributed by atoms with Gasteiger partial charge in [-0.1, -0.05) is 0 Å². The minimum absolute atomic E-state index is 0. The first-order chi connectivity index (χ1) is 5.41. The van der Waals surface area contributed by atoms with Gasteiger partial charge in [0.2, 0.25) is 0 Å². The van der Waals surface area contributed by atoms with Crippen LogP contribution in [0.15, 0.2) is 0 Å². The molecule has 0 aromatic carbocycles. The van der Waals surface area contributed by atoms with E-state index in [4.69, 9.17) is 0 Å². The fraction of sp³-hybridized carbons (Fsp3) is 1.00. The molecule has 0 atom stereocenters. The van der Waals surface area contributed by atoms with E-state index in [1.165, 1.54) is 74.7 Å². The van der Waals surface area contributed by atoms with Crippen LogP contribution in [0.3, 0.4) is 0 Å². The summed E-state index contributed by atoms with van der Waals surface area (Å²) in [5, 5.41) is 1.50. The smallest absolute Gasteiger partial charge is 1.00 e. The predicted molar refractivity (Wildman–Crippen MR) is 47.4 cm³/mol. The largest absolute Gasteiger partial charge is 1.00 e. The Morgan fingerprint density at radius 2 is 1.17 bits per heavy atom. The second-order valence-electron chi connectivity index (χ2n) is 3.33. The summed E-state index contributed by atoms with van der Waals surface area (Å²) in [7, 11) is 0. The molecule has 0 rings (SSSR count). The van der Waals surface area contributed by atoms with Gasteiger partial charge >= 0.3 is 81.6 Å². The molecule has 0 aromatic rings. The van der Waals surface area contributed by atoms with E-state index in [1.807, 2.05) is 0 Å². The maximum Gasteiger partial charge on any atom is -1.00 e. The first-order valence-electron chi connectivity index (χ1n) is 5.21. The van der Waals surface area contributed by atoms with Crippen LogP contribution in [-0.2, 0) is 18.3 Å². The Hall–Kier alpha value is 1.35. The minimum atomic E-state index is 0. The van der Waals surface area contributed by atoms with E-state index < -0.39 is 0 Å². The molecule has 0 radical (unpaired) electrons. The molecule has 0 aliphatic heterocycles. The van der Waals surface area contributed by atoms with Crippen molar-refractivity contribution in [3.63, 3.8) is 0 Å².